The van der Waals surface area contributed by atoms with Gasteiger partial charge in [-0.05, 0) is 117 Å². The van der Waals surface area contributed by atoms with Crippen LogP contribution >= 0.6 is 0 Å². The lowest BCUT2D eigenvalue weighted by molar-refractivity contribution is -1.29. The highest BCUT2D eigenvalue weighted by Gasteiger charge is 2.85. The molecule has 0 radical (unpaired) electrons. The Bertz CT molecular complexity index is 6570. The van der Waals surface area contributed by atoms with Crippen LogP contribution in [0, 0.1) is 0 Å². The van der Waals surface area contributed by atoms with Crippen molar-refractivity contribution in [3.8, 4) is 67.5 Å². The Morgan fingerprint density at radius 3 is 1.02 bits per heavy atom. The third kappa shape index (κ3) is 3.78. The van der Waals surface area contributed by atoms with Gasteiger partial charge in [-0.2, -0.15) is 0 Å². The summed E-state index contributed by atoms with van der Waals surface area (Å²) >= 11 is 0. The van der Waals surface area contributed by atoms with Crippen molar-refractivity contribution in [1.29, 1.82) is 0 Å². The molecule has 0 N–H and O–H groups in total. The van der Waals surface area contributed by atoms with Crippen LogP contribution in [0.3, 0.4) is 0 Å². The summed E-state index contributed by atoms with van der Waals surface area (Å²) < 4.78 is 28.4. The Labute approximate surface area is 483 Å². The highest BCUT2D eigenvalue weighted by atomic mass is 15.6. The lowest BCUT2D eigenvalue weighted by Gasteiger charge is -2.23. The van der Waals surface area contributed by atoms with Crippen LogP contribution in [0.25, 0.3) is 177 Å². The maximum Gasteiger partial charge on any atom is 0.770 e. The number of pyridine rings is 14. The van der Waals surface area contributed by atoms with Gasteiger partial charge in [0, 0.05) is 108 Å². The number of rotatable bonds is 1. The first kappa shape index (κ1) is 41.4. The molecule has 0 saturated heterocycles. The molecule has 14 aromatic heterocycles. The fourth-order valence-electron chi connectivity index (χ4n) is 18.6. The number of hydrogen-bond acceptors (Lipinski definition) is 3. The Morgan fingerprint density at radius 2 is 0.570 bits per heavy atom. The van der Waals surface area contributed by atoms with Crippen molar-refractivity contribution >= 4 is 110 Å². The van der Waals surface area contributed by atoms with Gasteiger partial charge < -0.3 is 0 Å². The van der Waals surface area contributed by atoms with Crippen molar-refractivity contribution < 1.29 is 50.2 Å². The molecule has 0 aliphatic carbocycles. The van der Waals surface area contributed by atoms with E-state index in [-0.39, 0.29) is 0 Å². The average Bonchev–Trinajstić information content (AvgIpc) is 1.43. The highest BCUT2D eigenvalue weighted by molar-refractivity contribution is 6.06. The fourth-order valence-corrected chi connectivity index (χ4v) is 18.6. The summed E-state index contributed by atoms with van der Waals surface area (Å²) in [5.74, 6) is -2.71. The van der Waals surface area contributed by atoms with Gasteiger partial charge in [-0.15, -0.1) is 0 Å². The van der Waals surface area contributed by atoms with Gasteiger partial charge in [-0.3, -0.25) is 0 Å². The highest BCUT2D eigenvalue weighted by Crippen LogP contribution is 2.46. The molecular formula is C72H39N14+11. The van der Waals surface area contributed by atoms with Crippen LogP contribution in [0.1, 0.15) is 6.92 Å². The van der Waals surface area contributed by atoms with Crippen molar-refractivity contribution in [3.05, 3.63) is 219 Å². The Kier molecular flexibility index (Phi) is 6.08. The number of fused-ring (bicyclic) bond motifs is 7. The second-order valence-corrected chi connectivity index (χ2v) is 24.8. The summed E-state index contributed by atoms with van der Waals surface area (Å²) in [5, 5.41) is 7.17. The Hall–Kier alpha value is -11.6. The van der Waals surface area contributed by atoms with Crippen molar-refractivity contribution in [2.75, 3.05) is 0 Å². The summed E-state index contributed by atoms with van der Waals surface area (Å²) in [6.45, 7) is 2.44. The molecule has 3 unspecified atom stereocenters. The molecular weight excluding hydrogens is 1060 g/mol. The molecule has 8 aliphatic heterocycles. The van der Waals surface area contributed by atoms with E-state index in [2.05, 4.69) is 258 Å². The molecule has 86 heavy (non-hydrogen) atoms. The van der Waals surface area contributed by atoms with Crippen LogP contribution in [0.4, 0.5) is 0 Å². The second kappa shape index (κ2) is 12.6. The molecule has 386 valence electrons. The van der Waals surface area contributed by atoms with Gasteiger partial charge in [-0.25, -0.2) is 15.0 Å². The van der Waals surface area contributed by atoms with Gasteiger partial charge in [0.15, 0.2) is 36.5 Å². The minimum Gasteiger partial charge on any atom is -0.250 e. The minimum atomic E-state index is -0.937. The molecule has 3 aromatic carbocycles. The quantitative estimate of drug-likeness (QED) is 0.145. The zero-order valence-electron chi connectivity index (χ0n) is 45.5. The minimum absolute atomic E-state index is 0.848. The van der Waals surface area contributed by atoms with Crippen LogP contribution in [-0.4, -0.2) is 15.0 Å². The van der Waals surface area contributed by atoms with E-state index in [0.29, 0.717) is 0 Å². The van der Waals surface area contributed by atoms with E-state index in [1.54, 1.807) is 0 Å². The molecule has 2 spiro atoms. The second-order valence-electron chi connectivity index (χ2n) is 24.8. The maximum atomic E-state index is 5.58. The summed E-state index contributed by atoms with van der Waals surface area (Å²) in [6, 6.07) is 64.2. The first-order valence-electron chi connectivity index (χ1n) is 29.6. The largest absolute Gasteiger partial charge is 0.770 e. The average molecular weight is 1100 g/mol. The lowest BCUT2D eigenvalue weighted by Crippen LogP contribution is -2.98. The van der Waals surface area contributed by atoms with Crippen LogP contribution < -0.4 is 50.2 Å². The van der Waals surface area contributed by atoms with Crippen LogP contribution in [0.2, 0.25) is 0 Å². The van der Waals surface area contributed by atoms with E-state index in [0.717, 1.165) is 89.3 Å². The smallest absolute Gasteiger partial charge is 0.250 e. The molecule has 0 saturated carbocycles. The summed E-state index contributed by atoms with van der Waals surface area (Å²) in [5.41, 5.74) is 29.4. The molecule has 0 amide bonds. The predicted octanol–water partition coefficient (Wildman–Crippen LogP) is 6.23. The molecule has 25 rings (SSSR count). The molecule has 17 aromatic rings. The van der Waals surface area contributed by atoms with Crippen molar-refractivity contribution in [2.45, 2.75) is 24.5 Å². The third-order valence-corrected chi connectivity index (χ3v) is 21.6. The van der Waals surface area contributed by atoms with E-state index >= 15 is 0 Å². The molecule has 0 fully saturated rings. The van der Waals surface area contributed by atoms with E-state index < -0.39 is 17.6 Å². The van der Waals surface area contributed by atoms with Gasteiger partial charge in [0.05, 0.1) is 37.9 Å². The van der Waals surface area contributed by atoms with Crippen molar-refractivity contribution in [1.82, 2.24) is 15.0 Å². The zero-order chi connectivity index (χ0) is 54.9. The van der Waals surface area contributed by atoms with Gasteiger partial charge in [0.25, 0.3) is 27.6 Å². The molecule has 22 heterocycles. The summed E-state index contributed by atoms with van der Waals surface area (Å²) in [7, 11) is 0. The van der Waals surface area contributed by atoms with Gasteiger partial charge in [0.1, 0.15) is 45.8 Å². The first-order chi connectivity index (χ1) is 42.6. The Balaban J connectivity index is 0.808. The standard InChI is InChI=1S/C72H39N14/c1-70-76-35-28-49-57-23-17-43-11-9-41-15-21-55-46-25-31-74-51-5-3-34-78(66(46)51)72(84(55)62(41)64(43)86(57)72)80-37-29-48(68(76)69(49)80)53-19-13-39-7-6-38-12-18-52(81(70)59(38)60(39)82(53)70)44-27-36-79-67-47(26-32-75-58(44)67)56-22-16-42-10-8-40-14-20-54-45-24-30-73-50-4-2-33-77(65(45)50)71(79)83(54)61(40)63(42)85(56)71/h2-37H,1H3/q+11. The molecule has 0 bridgehead atoms. The molecule has 3 atom stereocenters. The number of aromatic nitrogens is 14. The van der Waals surface area contributed by atoms with Crippen molar-refractivity contribution in [3.63, 3.8) is 0 Å². The van der Waals surface area contributed by atoms with Gasteiger partial charge in [0.2, 0.25) is 34.2 Å². The van der Waals surface area contributed by atoms with Crippen LogP contribution in [0.15, 0.2) is 219 Å². The van der Waals surface area contributed by atoms with Crippen LogP contribution in [-0.2, 0) is 17.6 Å². The maximum absolute atomic E-state index is 5.58. The zero-order valence-corrected chi connectivity index (χ0v) is 45.5. The van der Waals surface area contributed by atoms with Gasteiger partial charge >= 0.3 is 50.7 Å². The Morgan fingerprint density at radius 1 is 0.256 bits per heavy atom. The molecule has 14 heteroatoms. The van der Waals surface area contributed by atoms with E-state index in [1.165, 1.54) is 87.8 Å². The molecule has 8 aliphatic rings. The predicted molar refractivity (Wildman–Crippen MR) is 312 cm³/mol. The SMILES string of the molecule is CC12[n+]3ccc4c5c3c(cc[n+]5C35[n+]6cccc7nccc(c76)-c6ccc7ccc8ccc-4[n+]3c8c7[n+]65)-c3ccc4ccc5ccc(-c6cc[n+]7c8c(ccnc68)-c6ccc8ccc9ccc%10[n+]%11c9c8[n+]6C7%11[n+]6cccc7nccc-%10c76)[n+]1c5c4[n+]32. The lowest BCUT2D eigenvalue weighted by atomic mass is 9.97. The summed E-state index contributed by atoms with van der Waals surface area (Å²) in [4.78, 5) is 15.6. The van der Waals surface area contributed by atoms with Crippen molar-refractivity contribution in [2.24, 2.45) is 0 Å². The first-order valence-corrected chi connectivity index (χ1v) is 29.6. The van der Waals surface area contributed by atoms with E-state index in [4.69, 9.17) is 15.0 Å². The van der Waals surface area contributed by atoms with E-state index in [1.807, 2.05) is 18.6 Å². The number of hydrogen-bond donors (Lipinski definition) is 0. The fraction of sp³-hybridized carbons (Fsp3) is 0.0556. The van der Waals surface area contributed by atoms with Crippen LogP contribution in [0.5, 0.6) is 0 Å². The van der Waals surface area contributed by atoms with E-state index in [9.17, 15) is 0 Å². The topological polar surface area (TPSA) is 81.3 Å². The molecule has 14 nitrogen and oxygen atoms in total. The third-order valence-electron chi connectivity index (χ3n) is 21.6. The number of nitrogens with zero attached hydrogens (tertiary/aromatic N) is 14. The summed E-state index contributed by atoms with van der Waals surface area (Å²) in [6.07, 6.45) is 17.6. The van der Waals surface area contributed by atoms with Gasteiger partial charge in [-0.1, -0.05) is 13.7 Å². The normalized spacial score (nSPS) is 19.4. The monoisotopic (exact) mass is 1100 g/mol. The number of benzene rings is 3.